The van der Waals surface area contributed by atoms with Crippen LogP contribution in [0.5, 0.6) is 0 Å². The molecule has 1 aliphatic heterocycles. The van der Waals surface area contributed by atoms with Gasteiger partial charge in [-0.05, 0) is 35.4 Å². The van der Waals surface area contributed by atoms with Crippen molar-refractivity contribution in [3.63, 3.8) is 0 Å². The van der Waals surface area contributed by atoms with Crippen molar-refractivity contribution in [1.29, 1.82) is 0 Å². The van der Waals surface area contributed by atoms with Gasteiger partial charge in [0.05, 0.1) is 5.92 Å². The molecular formula is C31H36N2O3. The number of amides is 1. The minimum Gasteiger partial charge on any atom is -0.460 e. The molecule has 1 heterocycles. The van der Waals surface area contributed by atoms with Gasteiger partial charge in [-0.15, -0.1) is 0 Å². The first-order chi connectivity index (χ1) is 17.6. The number of hydrogen-bond donors (Lipinski definition) is 1. The molecule has 3 aromatic carbocycles. The standard InChI is InChI=1S/C31H36N2O3/c1-24-21-33(20-19-29(24)32-30(34)18-17-25-11-5-2-6-12-25)22-28(27-15-9-4-10-16-27)31(35)36-23-26-13-7-3-8-14-26/h2-16,24,28-29H,17-23H2,1H3,(H,32,34)/t24-,28?,29+/m1/s1. The number of esters is 1. The minimum absolute atomic E-state index is 0.107. The van der Waals surface area contributed by atoms with Crippen LogP contribution in [0.1, 0.15) is 42.4 Å². The molecule has 1 saturated heterocycles. The Kier molecular flexibility index (Phi) is 9.28. The van der Waals surface area contributed by atoms with Crippen molar-refractivity contribution in [2.24, 2.45) is 5.92 Å². The van der Waals surface area contributed by atoms with Crippen LogP contribution in [0, 0.1) is 5.92 Å². The van der Waals surface area contributed by atoms with Gasteiger partial charge in [0.2, 0.25) is 5.91 Å². The number of carbonyl (C=O) groups excluding carboxylic acids is 2. The number of hydrogen-bond acceptors (Lipinski definition) is 4. The number of ether oxygens (including phenoxy) is 1. The molecular weight excluding hydrogens is 448 g/mol. The fourth-order valence-corrected chi connectivity index (χ4v) is 4.88. The number of rotatable bonds is 10. The fourth-order valence-electron chi connectivity index (χ4n) is 4.88. The zero-order valence-corrected chi connectivity index (χ0v) is 21.0. The Morgan fingerprint density at radius 1 is 0.917 bits per heavy atom. The van der Waals surface area contributed by atoms with Gasteiger partial charge in [0.1, 0.15) is 6.61 Å². The minimum atomic E-state index is -0.348. The SMILES string of the molecule is C[C@@H]1CN(CC(C(=O)OCc2ccccc2)c2ccccc2)CC[C@@H]1NC(=O)CCc1ccccc1. The van der Waals surface area contributed by atoms with Crippen LogP contribution in [0.15, 0.2) is 91.0 Å². The van der Waals surface area contributed by atoms with Crippen LogP contribution in [0.25, 0.3) is 0 Å². The number of nitrogens with one attached hydrogen (secondary N) is 1. The van der Waals surface area contributed by atoms with Gasteiger partial charge in [0.15, 0.2) is 0 Å². The van der Waals surface area contributed by atoms with Crippen LogP contribution in [0.2, 0.25) is 0 Å². The number of carbonyl (C=O) groups is 2. The van der Waals surface area contributed by atoms with E-state index in [1.807, 2.05) is 78.9 Å². The summed E-state index contributed by atoms with van der Waals surface area (Å²) in [7, 11) is 0. The molecule has 1 unspecified atom stereocenters. The summed E-state index contributed by atoms with van der Waals surface area (Å²) < 4.78 is 5.73. The third-order valence-corrected chi connectivity index (χ3v) is 6.97. The van der Waals surface area contributed by atoms with Crippen molar-refractivity contribution in [2.75, 3.05) is 19.6 Å². The molecule has 4 rings (SSSR count). The number of aryl methyl sites for hydroxylation is 1. The Morgan fingerprint density at radius 3 is 2.17 bits per heavy atom. The van der Waals surface area contributed by atoms with Crippen LogP contribution >= 0.6 is 0 Å². The fraction of sp³-hybridized carbons (Fsp3) is 0.355. The summed E-state index contributed by atoms with van der Waals surface area (Å²) in [4.78, 5) is 28.1. The predicted molar refractivity (Wildman–Crippen MR) is 142 cm³/mol. The first kappa shape index (κ1) is 25.6. The molecule has 3 atom stereocenters. The van der Waals surface area contributed by atoms with Crippen molar-refractivity contribution in [3.05, 3.63) is 108 Å². The quantitative estimate of drug-likeness (QED) is 0.413. The second kappa shape index (κ2) is 13.0. The molecule has 0 aliphatic carbocycles. The summed E-state index contributed by atoms with van der Waals surface area (Å²) in [5.74, 6) is -0.139. The molecule has 1 fully saturated rings. The highest BCUT2D eigenvalue weighted by molar-refractivity contribution is 5.78. The van der Waals surface area contributed by atoms with E-state index in [0.29, 0.717) is 18.9 Å². The lowest BCUT2D eigenvalue weighted by Gasteiger charge is -2.38. The topological polar surface area (TPSA) is 58.6 Å². The lowest BCUT2D eigenvalue weighted by atomic mass is 9.91. The molecule has 0 bridgehead atoms. The Hall–Kier alpha value is -3.44. The third-order valence-electron chi connectivity index (χ3n) is 6.97. The Bertz CT molecular complexity index is 1090. The van der Waals surface area contributed by atoms with E-state index in [-0.39, 0.29) is 30.4 Å². The van der Waals surface area contributed by atoms with E-state index >= 15 is 0 Å². The number of piperidine rings is 1. The maximum absolute atomic E-state index is 13.2. The molecule has 36 heavy (non-hydrogen) atoms. The molecule has 1 aliphatic rings. The van der Waals surface area contributed by atoms with E-state index in [0.717, 1.165) is 37.1 Å². The lowest BCUT2D eigenvalue weighted by molar-refractivity contribution is -0.147. The van der Waals surface area contributed by atoms with Crippen LogP contribution in [-0.2, 0) is 27.4 Å². The van der Waals surface area contributed by atoms with E-state index in [1.165, 1.54) is 5.56 Å². The maximum Gasteiger partial charge on any atom is 0.315 e. The first-order valence-electron chi connectivity index (χ1n) is 12.9. The summed E-state index contributed by atoms with van der Waals surface area (Å²) in [6.07, 6.45) is 2.13. The van der Waals surface area contributed by atoms with Gasteiger partial charge in [-0.2, -0.15) is 0 Å². The Labute approximate surface area is 214 Å². The number of likely N-dealkylation sites (tertiary alicyclic amines) is 1. The highest BCUT2D eigenvalue weighted by Gasteiger charge is 2.31. The maximum atomic E-state index is 13.2. The molecule has 5 nitrogen and oxygen atoms in total. The summed E-state index contributed by atoms with van der Waals surface area (Å²) in [5.41, 5.74) is 3.14. The monoisotopic (exact) mass is 484 g/mol. The zero-order chi connectivity index (χ0) is 25.2. The Morgan fingerprint density at radius 2 is 1.53 bits per heavy atom. The van der Waals surface area contributed by atoms with Gasteiger partial charge in [0, 0.05) is 32.1 Å². The normalized spacial score (nSPS) is 18.8. The highest BCUT2D eigenvalue weighted by Crippen LogP contribution is 2.24. The van der Waals surface area contributed by atoms with Crippen LogP contribution in [0.3, 0.4) is 0 Å². The van der Waals surface area contributed by atoms with Crippen molar-refractivity contribution < 1.29 is 14.3 Å². The molecule has 5 heteroatoms. The van der Waals surface area contributed by atoms with Crippen LogP contribution in [0.4, 0.5) is 0 Å². The van der Waals surface area contributed by atoms with Crippen molar-refractivity contribution in [3.8, 4) is 0 Å². The smallest absolute Gasteiger partial charge is 0.315 e. The third kappa shape index (κ3) is 7.53. The summed E-state index contributed by atoms with van der Waals surface area (Å²) in [6.45, 7) is 4.73. The summed E-state index contributed by atoms with van der Waals surface area (Å²) >= 11 is 0. The molecule has 0 spiro atoms. The van der Waals surface area contributed by atoms with Gasteiger partial charge in [-0.25, -0.2) is 0 Å². The van der Waals surface area contributed by atoms with E-state index in [2.05, 4.69) is 29.3 Å². The lowest BCUT2D eigenvalue weighted by Crippen LogP contribution is -2.51. The van der Waals surface area contributed by atoms with Crippen LogP contribution < -0.4 is 5.32 Å². The van der Waals surface area contributed by atoms with Crippen LogP contribution in [-0.4, -0.2) is 42.5 Å². The first-order valence-corrected chi connectivity index (χ1v) is 12.9. The van der Waals surface area contributed by atoms with E-state index in [9.17, 15) is 9.59 Å². The zero-order valence-electron chi connectivity index (χ0n) is 21.0. The van der Waals surface area contributed by atoms with E-state index in [1.54, 1.807) is 0 Å². The second-order valence-corrected chi connectivity index (χ2v) is 9.74. The Balaban J connectivity index is 1.30. The molecule has 1 N–H and O–H groups in total. The molecule has 0 radical (unpaired) electrons. The average Bonchev–Trinajstić information content (AvgIpc) is 2.92. The van der Waals surface area contributed by atoms with E-state index in [4.69, 9.17) is 4.74 Å². The van der Waals surface area contributed by atoms with Gasteiger partial charge in [-0.3, -0.25) is 9.59 Å². The second-order valence-electron chi connectivity index (χ2n) is 9.74. The van der Waals surface area contributed by atoms with Crippen molar-refractivity contribution in [2.45, 2.75) is 44.8 Å². The summed E-state index contributed by atoms with van der Waals surface area (Å²) in [5, 5.41) is 3.25. The van der Waals surface area contributed by atoms with Gasteiger partial charge in [0.25, 0.3) is 0 Å². The molecule has 0 aromatic heterocycles. The van der Waals surface area contributed by atoms with Gasteiger partial charge in [-0.1, -0.05) is 97.9 Å². The van der Waals surface area contributed by atoms with Crippen molar-refractivity contribution in [1.82, 2.24) is 10.2 Å². The number of nitrogens with zero attached hydrogens (tertiary/aromatic N) is 1. The molecule has 1 amide bonds. The van der Waals surface area contributed by atoms with Gasteiger partial charge < -0.3 is 15.0 Å². The average molecular weight is 485 g/mol. The highest BCUT2D eigenvalue weighted by atomic mass is 16.5. The molecule has 3 aromatic rings. The predicted octanol–water partition coefficient (Wildman–Crippen LogP) is 4.97. The van der Waals surface area contributed by atoms with E-state index < -0.39 is 0 Å². The molecule has 0 saturated carbocycles. The summed E-state index contributed by atoms with van der Waals surface area (Å²) in [6, 6.07) is 29.9. The molecule has 188 valence electrons. The van der Waals surface area contributed by atoms with Gasteiger partial charge >= 0.3 is 5.97 Å². The largest absolute Gasteiger partial charge is 0.460 e. The van der Waals surface area contributed by atoms with Crippen molar-refractivity contribution >= 4 is 11.9 Å². The number of benzene rings is 3.